The number of hydrogen-bond donors (Lipinski definition) is 2. The third-order valence-electron chi connectivity index (χ3n) is 2.62. The van der Waals surface area contributed by atoms with E-state index in [4.69, 9.17) is 10.5 Å². The van der Waals surface area contributed by atoms with Crippen molar-refractivity contribution in [2.24, 2.45) is 5.73 Å². The van der Waals surface area contributed by atoms with E-state index in [1.165, 1.54) is 0 Å². The van der Waals surface area contributed by atoms with E-state index in [-0.39, 0.29) is 12.3 Å². The largest absolute Gasteiger partial charge is 0.379 e. The molecule has 1 aromatic rings. The van der Waals surface area contributed by atoms with Crippen molar-refractivity contribution in [1.29, 1.82) is 0 Å². The van der Waals surface area contributed by atoms with Gasteiger partial charge in [0.25, 0.3) is 0 Å². The zero-order valence-electron chi connectivity index (χ0n) is 9.00. The molecule has 1 unspecified atom stereocenters. The van der Waals surface area contributed by atoms with Crippen LogP contribution in [0.1, 0.15) is 6.42 Å². The third kappa shape index (κ3) is 2.59. The van der Waals surface area contributed by atoms with Gasteiger partial charge in [-0.05, 0) is 18.6 Å². The second-order valence-electron chi connectivity index (χ2n) is 4.07. The van der Waals surface area contributed by atoms with E-state index in [9.17, 15) is 13.6 Å². The molecule has 1 heterocycles. The molecule has 1 aromatic carbocycles. The van der Waals surface area contributed by atoms with Crippen LogP contribution in [0.25, 0.3) is 0 Å². The normalized spacial score (nSPS) is 23.7. The van der Waals surface area contributed by atoms with Gasteiger partial charge in [0.2, 0.25) is 5.91 Å². The van der Waals surface area contributed by atoms with Crippen molar-refractivity contribution in [3.63, 3.8) is 0 Å². The number of ether oxygens (including phenoxy) is 1. The van der Waals surface area contributed by atoms with Crippen LogP contribution in [0.15, 0.2) is 18.2 Å². The first kappa shape index (κ1) is 11.9. The van der Waals surface area contributed by atoms with Gasteiger partial charge in [-0.15, -0.1) is 0 Å². The van der Waals surface area contributed by atoms with E-state index in [0.29, 0.717) is 13.0 Å². The highest BCUT2D eigenvalue weighted by Gasteiger charge is 2.38. The highest BCUT2D eigenvalue weighted by atomic mass is 19.1. The van der Waals surface area contributed by atoms with Gasteiger partial charge >= 0.3 is 0 Å². The Morgan fingerprint density at radius 1 is 1.35 bits per heavy atom. The molecule has 1 saturated heterocycles. The summed E-state index contributed by atoms with van der Waals surface area (Å²) in [5.41, 5.74) is 4.73. The molecule has 6 heteroatoms. The number of nitrogens with one attached hydrogen (secondary N) is 1. The van der Waals surface area contributed by atoms with Gasteiger partial charge < -0.3 is 15.8 Å². The van der Waals surface area contributed by atoms with Crippen molar-refractivity contribution in [2.75, 3.05) is 18.5 Å². The van der Waals surface area contributed by atoms with E-state index in [0.717, 1.165) is 18.2 Å². The first-order valence-electron chi connectivity index (χ1n) is 5.14. The fraction of sp³-hybridized carbons (Fsp3) is 0.364. The molecule has 0 spiro atoms. The summed E-state index contributed by atoms with van der Waals surface area (Å²) >= 11 is 0. The molecule has 0 bridgehead atoms. The van der Waals surface area contributed by atoms with E-state index >= 15 is 0 Å². The molecule has 1 fully saturated rings. The van der Waals surface area contributed by atoms with Crippen LogP contribution in [0.5, 0.6) is 0 Å². The minimum Gasteiger partial charge on any atom is -0.379 e. The zero-order chi connectivity index (χ0) is 12.5. The van der Waals surface area contributed by atoms with Gasteiger partial charge in [-0.3, -0.25) is 4.79 Å². The summed E-state index contributed by atoms with van der Waals surface area (Å²) in [4.78, 5) is 11.8. The number of amides is 1. The lowest BCUT2D eigenvalue weighted by molar-refractivity contribution is -0.121. The van der Waals surface area contributed by atoms with E-state index in [2.05, 4.69) is 5.32 Å². The first-order chi connectivity index (χ1) is 7.99. The summed E-state index contributed by atoms with van der Waals surface area (Å²) in [6, 6.07) is 2.78. The minimum absolute atomic E-state index is 0.0456. The second-order valence-corrected chi connectivity index (χ2v) is 4.07. The van der Waals surface area contributed by atoms with Gasteiger partial charge in [0, 0.05) is 18.4 Å². The smallest absolute Gasteiger partial charge is 0.246 e. The van der Waals surface area contributed by atoms with Gasteiger partial charge in [-0.25, -0.2) is 8.78 Å². The molecule has 1 atom stereocenters. The van der Waals surface area contributed by atoms with E-state index < -0.39 is 23.1 Å². The molecule has 3 N–H and O–H groups in total. The lowest BCUT2D eigenvalue weighted by atomic mass is 9.99. The summed E-state index contributed by atoms with van der Waals surface area (Å²) in [6.45, 7) is 0.512. The Balaban J connectivity index is 2.12. The topological polar surface area (TPSA) is 64.4 Å². The summed E-state index contributed by atoms with van der Waals surface area (Å²) in [5.74, 6) is -2.01. The predicted molar refractivity (Wildman–Crippen MR) is 57.3 cm³/mol. The van der Waals surface area contributed by atoms with Crippen LogP contribution < -0.4 is 11.1 Å². The van der Waals surface area contributed by atoms with Gasteiger partial charge in [-0.1, -0.05) is 0 Å². The van der Waals surface area contributed by atoms with Gasteiger partial charge in [0.05, 0.1) is 6.61 Å². The van der Waals surface area contributed by atoms with Crippen LogP contribution in [0.2, 0.25) is 0 Å². The molecule has 1 aliphatic rings. The lowest BCUT2D eigenvalue weighted by Gasteiger charge is -2.20. The number of carbonyl (C=O) groups is 1. The lowest BCUT2D eigenvalue weighted by Crippen LogP contribution is -2.51. The zero-order valence-corrected chi connectivity index (χ0v) is 9.00. The number of anilines is 1. The molecule has 0 saturated carbocycles. The van der Waals surface area contributed by atoms with Crippen LogP contribution in [0.3, 0.4) is 0 Å². The first-order valence-corrected chi connectivity index (χ1v) is 5.14. The molecule has 1 aliphatic heterocycles. The third-order valence-corrected chi connectivity index (χ3v) is 2.62. The maximum Gasteiger partial charge on any atom is 0.246 e. The van der Waals surface area contributed by atoms with Crippen molar-refractivity contribution < 1.29 is 18.3 Å². The highest BCUT2D eigenvalue weighted by Crippen LogP contribution is 2.19. The number of benzene rings is 1. The molecule has 92 valence electrons. The second kappa shape index (κ2) is 4.38. The molecule has 0 aromatic heterocycles. The van der Waals surface area contributed by atoms with Crippen molar-refractivity contribution in [3.8, 4) is 0 Å². The Labute approximate surface area is 96.7 Å². The number of halogens is 2. The quantitative estimate of drug-likeness (QED) is 0.813. The van der Waals surface area contributed by atoms with Crippen molar-refractivity contribution in [1.82, 2.24) is 0 Å². The Hall–Kier alpha value is -1.53. The van der Waals surface area contributed by atoms with E-state index in [1.807, 2.05) is 0 Å². The highest BCUT2D eigenvalue weighted by molar-refractivity contribution is 5.98. The maximum absolute atomic E-state index is 12.9. The SMILES string of the molecule is NC1(C(=O)Nc2cc(F)cc(F)c2)CCOC1. The number of carbonyl (C=O) groups excluding carboxylic acids is 1. The van der Waals surface area contributed by atoms with Crippen LogP contribution in [0, 0.1) is 11.6 Å². The molecule has 17 heavy (non-hydrogen) atoms. The number of rotatable bonds is 2. The Morgan fingerprint density at radius 2 is 2.00 bits per heavy atom. The predicted octanol–water partition coefficient (Wildman–Crippen LogP) is 1.02. The number of nitrogens with two attached hydrogens (primary N) is 1. The summed E-state index contributed by atoms with van der Waals surface area (Å²) in [7, 11) is 0. The Kier molecular flexibility index (Phi) is 3.08. The Bertz CT molecular complexity index is 425. The fourth-order valence-electron chi connectivity index (χ4n) is 1.64. The minimum atomic E-state index is -1.12. The molecule has 0 aliphatic carbocycles. The van der Waals surface area contributed by atoms with Crippen LogP contribution >= 0.6 is 0 Å². The monoisotopic (exact) mass is 242 g/mol. The summed E-state index contributed by atoms with van der Waals surface area (Å²) in [5, 5.41) is 2.38. The van der Waals surface area contributed by atoms with Crippen LogP contribution in [0.4, 0.5) is 14.5 Å². The van der Waals surface area contributed by atoms with Crippen molar-refractivity contribution in [2.45, 2.75) is 12.0 Å². The maximum atomic E-state index is 12.9. The summed E-state index contributed by atoms with van der Waals surface area (Å²) < 4.78 is 30.8. The van der Waals surface area contributed by atoms with Gasteiger partial charge in [-0.2, -0.15) is 0 Å². The Morgan fingerprint density at radius 3 is 2.53 bits per heavy atom. The van der Waals surface area contributed by atoms with Gasteiger partial charge in [0.1, 0.15) is 17.2 Å². The average molecular weight is 242 g/mol. The molecular weight excluding hydrogens is 230 g/mol. The molecule has 0 radical (unpaired) electrons. The number of hydrogen-bond acceptors (Lipinski definition) is 3. The molecular formula is C11H12F2N2O2. The van der Waals surface area contributed by atoms with Crippen molar-refractivity contribution in [3.05, 3.63) is 29.8 Å². The fourth-order valence-corrected chi connectivity index (χ4v) is 1.64. The van der Waals surface area contributed by atoms with Gasteiger partial charge in [0.15, 0.2) is 0 Å². The molecule has 4 nitrogen and oxygen atoms in total. The average Bonchev–Trinajstić information content (AvgIpc) is 2.64. The molecule has 1 amide bonds. The molecule has 2 rings (SSSR count). The van der Waals surface area contributed by atoms with E-state index in [1.54, 1.807) is 0 Å². The van der Waals surface area contributed by atoms with Crippen molar-refractivity contribution >= 4 is 11.6 Å². The van der Waals surface area contributed by atoms with Crippen LogP contribution in [-0.4, -0.2) is 24.7 Å². The van der Waals surface area contributed by atoms with Crippen LogP contribution in [-0.2, 0) is 9.53 Å². The standard InChI is InChI=1S/C11H12F2N2O2/c12-7-3-8(13)5-9(4-7)15-10(16)11(14)1-2-17-6-11/h3-5H,1-2,6,14H2,(H,15,16). The summed E-state index contributed by atoms with van der Waals surface area (Å²) in [6.07, 6.45) is 0.386.